The van der Waals surface area contributed by atoms with Crippen molar-refractivity contribution < 1.29 is 9.53 Å². The summed E-state index contributed by atoms with van der Waals surface area (Å²) in [5, 5.41) is 6.08. The van der Waals surface area contributed by atoms with Crippen LogP contribution in [-0.2, 0) is 4.79 Å². The molecule has 2 N–H and O–H groups in total. The first-order valence-corrected chi connectivity index (χ1v) is 7.52. The number of benzene rings is 1. The molecule has 1 saturated heterocycles. The fourth-order valence-electron chi connectivity index (χ4n) is 1.81. The minimum absolute atomic E-state index is 0.0104. The smallest absolute Gasteiger partial charge is 0.242 e. The number of aryl methyl sites for hydroxylation is 1. The van der Waals surface area contributed by atoms with Crippen LogP contribution < -0.4 is 15.4 Å². The molecule has 18 heavy (non-hydrogen) atoms. The molecule has 0 saturated carbocycles. The van der Waals surface area contributed by atoms with Gasteiger partial charge in [0.2, 0.25) is 5.91 Å². The van der Waals surface area contributed by atoms with Crippen LogP contribution in [0.15, 0.2) is 16.6 Å². The second-order valence-electron chi connectivity index (χ2n) is 4.06. The van der Waals surface area contributed by atoms with Gasteiger partial charge in [-0.05, 0) is 24.6 Å². The normalized spacial score (nSPS) is 18.7. The Labute approximate surface area is 119 Å². The van der Waals surface area contributed by atoms with Gasteiger partial charge in [-0.15, -0.1) is 11.8 Å². The van der Waals surface area contributed by atoms with Crippen LogP contribution in [0.2, 0.25) is 0 Å². The van der Waals surface area contributed by atoms with E-state index in [0.717, 1.165) is 27.4 Å². The molecule has 1 aliphatic heterocycles. The third-order valence-electron chi connectivity index (χ3n) is 2.77. The van der Waals surface area contributed by atoms with Gasteiger partial charge in [0, 0.05) is 16.1 Å². The van der Waals surface area contributed by atoms with Crippen molar-refractivity contribution >= 4 is 39.3 Å². The monoisotopic (exact) mass is 330 g/mol. The number of thioether (sulfide) groups is 1. The molecular formula is C12H15BrN2O2S. The van der Waals surface area contributed by atoms with Crippen molar-refractivity contribution in [3.05, 3.63) is 22.2 Å². The van der Waals surface area contributed by atoms with E-state index in [1.807, 2.05) is 19.1 Å². The maximum Gasteiger partial charge on any atom is 0.242 e. The number of hydrogen-bond acceptors (Lipinski definition) is 4. The minimum Gasteiger partial charge on any atom is -0.495 e. The van der Waals surface area contributed by atoms with Gasteiger partial charge in [0.25, 0.3) is 0 Å². The van der Waals surface area contributed by atoms with Gasteiger partial charge < -0.3 is 10.1 Å². The standard InChI is InChI=1S/C12H15BrN2O2S/c1-7-3-8(13)4-10(17-2)11(7)15-12(16)9-5-18-6-14-9/h3-4,9,14H,5-6H2,1-2H3,(H,15,16). The van der Waals surface area contributed by atoms with Gasteiger partial charge in [-0.1, -0.05) is 15.9 Å². The van der Waals surface area contributed by atoms with Crippen molar-refractivity contribution in [2.24, 2.45) is 0 Å². The molecule has 1 aromatic rings. The van der Waals surface area contributed by atoms with Crippen molar-refractivity contribution in [1.82, 2.24) is 5.32 Å². The highest BCUT2D eigenvalue weighted by atomic mass is 79.9. The molecule has 4 nitrogen and oxygen atoms in total. The second-order valence-corrected chi connectivity index (χ2v) is 6.01. The molecule has 0 aromatic heterocycles. The summed E-state index contributed by atoms with van der Waals surface area (Å²) in [5.41, 5.74) is 1.71. The first kappa shape index (κ1) is 13.7. The van der Waals surface area contributed by atoms with Crippen LogP contribution in [0.5, 0.6) is 5.75 Å². The van der Waals surface area contributed by atoms with E-state index >= 15 is 0 Å². The molecule has 6 heteroatoms. The Kier molecular flexibility index (Phi) is 4.53. The number of carbonyl (C=O) groups is 1. The van der Waals surface area contributed by atoms with Gasteiger partial charge >= 0.3 is 0 Å². The van der Waals surface area contributed by atoms with Crippen LogP contribution in [0.3, 0.4) is 0 Å². The van der Waals surface area contributed by atoms with Crippen LogP contribution in [-0.4, -0.2) is 30.7 Å². The van der Waals surface area contributed by atoms with E-state index in [4.69, 9.17) is 4.74 Å². The maximum absolute atomic E-state index is 12.1. The Morgan fingerprint density at radius 2 is 2.39 bits per heavy atom. The number of rotatable bonds is 3. The Morgan fingerprint density at radius 1 is 1.61 bits per heavy atom. The number of ether oxygens (including phenoxy) is 1. The van der Waals surface area contributed by atoms with Crippen molar-refractivity contribution in [2.45, 2.75) is 13.0 Å². The molecule has 0 aliphatic carbocycles. The number of nitrogens with one attached hydrogen (secondary N) is 2. The molecule has 1 aromatic carbocycles. The first-order chi connectivity index (χ1) is 8.61. The molecular weight excluding hydrogens is 316 g/mol. The predicted octanol–water partition coefficient (Wildman–Crippen LogP) is 2.37. The second kappa shape index (κ2) is 5.95. The number of methoxy groups -OCH3 is 1. The van der Waals surface area contributed by atoms with E-state index in [1.54, 1.807) is 18.9 Å². The van der Waals surface area contributed by atoms with Crippen LogP contribution in [0.25, 0.3) is 0 Å². The van der Waals surface area contributed by atoms with Gasteiger partial charge in [0.05, 0.1) is 18.8 Å². The largest absolute Gasteiger partial charge is 0.495 e. The van der Waals surface area contributed by atoms with Crippen LogP contribution >= 0.6 is 27.7 Å². The molecule has 2 rings (SSSR count). The van der Waals surface area contributed by atoms with Gasteiger partial charge in [-0.2, -0.15) is 0 Å². The molecule has 98 valence electrons. The average Bonchev–Trinajstić information content (AvgIpc) is 2.85. The zero-order valence-corrected chi connectivity index (χ0v) is 12.7. The fourth-order valence-corrected chi connectivity index (χ4v) is 3.30. The summed E-state index contributed by atoms with van der Waals surface area (Å²) in [5.74, 6) is 2.29. The number of anilines is 1. The molecule has 1 heterocycles. The van der Waals surface area contributed by atoms with Gasteiger partial charge in [-0.3, -0.25) is 10.1 Å². The summed E-state index contributed by atoms with van der Waals surface area (Å²) in [6, 6.07) is 3.68. The fraction of sp³-hybridized carbons (Fsp3) is 0.417. The summed E-state index contributed by atoms with van der Waals surface area (Å²) in [6.07, 6.45) is 0. The molecule has 1 atom stereocenters. The highest BCUT2D eigenvalue weighted by Gasteiger charge is 2.23. The van der Waals surface area contributed by atoms with E-state index in [0.29, 0.717) is 5.75 Å². The lowest BCUT2D eigenvalue weighted by Crippen LogP contribution is -2.37. The van der Waals surface area contributed by atoms with E-state index in [-0.39, 0.29) is 11.9 Å². The third kappa shape index (κ3) is 2.99. The number of hydrogen-bond donors (Lipinski definition) is 2. The lowest BCUT2D eigenvalue weighted by atomic mass is 10.1. The van der Waals surface area contributed by atoms with Crippen molar-refractivity contribution in [3.8, 4) is 5.75 Å². The van der Waals surface area contributed by atoms with Gasteiger partial charge in [0.1, 0.15) is 5.75 Å². The van der Waals surface area contributed by atoms with E-state index in [9.17, 15) is 4.79 Å². The van der Waals surface area contributed by atoms with Crippen LogP contribution in [0.1, 0.15) is 5.56 Å². The SMILES string of the molecule is COc1cc(Br)cc(C)c1NC(=O)C1CSCN1. The van der Waals surface area contributed by atoms with Crippen molar-refractivity contribution in [3.63, 3.8) is 0 Å². The zero-order chi connectivity index (χ0) is 13.1. The van der Waals surface area contributed by atoms with Gasteiger partial charge in [0.15, 0.2) is 0 Å². The van der Waals surface area contributed by atoms with Crippen LogP contribution in [0, 0.1) is 6.92 Å². The molecule has 1 fully saturated rings. The maximum atomic E-state index is 12.1. The third-order valence-corrected chi connectivity index (χ3v) is 4.16. The number of halogens is 1. The lowest BCUT2D eigenvalue weighted by Gasteiger charge is -2.16. The lowest BCUT2D eigenvalue weighted by molar-refractivity contribution is -0.117. The summed E-state index contributed by atoms with van der Waals surface area (Å²) >= 11 is 5.14. The predicted molar refractivity (Wildman–Crippen MR) is 78.3 cm³/mol. The molecule has 0 radical (unpaired) electrons. The topological polar surface area (TPSA) is 50.4 Å². The summed E-state index contributed by atoms with van der Waals surface area (Å²) in [7, 11) is 1.60. The van der Waals surface area contributed by atoms with Crippen molar-refractivity contribution in [2.75, 3.05) is 24.1 Å². The van der Waals surface area contributed by atoms with Crippen LogP contribution in [0.4, 0.5) is 5.69 Å². The minimum atomic E-state index is -0.122. The Bertz CT molecular complexity index is 462. The molecule has 1 amide bonds. The summed E-state index contributed by atoms with van der Waals surface area (Å²) in [6.45, 7) is 1.94. The highest BCUT2D eigenvalue weighted by molar-refractivity contribution is 9.10. The summed E-state index contributed by atoms with van der Waals surface area (Å²) in [4.78, 5) is 12.1. The van der Waals surface area contributed by atoms with Crippen molar-refractivity contribution in [1.29, 1.82) is 0 Å². The highest BCUT2D eigenvalue weighted by Crippen LogP contribution is 2.32. The van der Waals surface area contributed by atoms with E-state index < -0.39 is 0 Å². The Morgan fingerprint density at radius 3 is 3.00 bits per heavy atom. The zero-order valence-electron chi connectivity index (χ0n) is 10.2. The Balaban J connectivity index is 2.19. The van der Waals surface area contributed by atoms with E-state index in [1.165, 1.54) is 0 Å². The average molecular weight is 331 g/mol. The van der Waals surface area contributed by atoms with E-state index in [2.05, 4.69) is 26.6 Å². The number of carbonyl (C=O) groups excluding carboxylic acids is 1. The quantitative estimate of drug-likeness (QED) is 0.893. The summed E-state index contributed by atoms with van der Waals surface area (Å²) < 4.78 is 6.23. The first-order valence-electron chi connectivity index (χ1n) is 5.58. The Hall–Kier alpha value is -0.720. The van der Waals surface area contributed by atoms with Gasteiger partial charge in [-0.25, -0.2) is 0 Å². The molecule has 0 spiro atoms. The molecule has 1 aliphatic rings. The molecule has 0 bridgehead atoms. The number of amides is 1. The molecule has 1 unspecified atom stereocenters.